The number of nitrogens with zero attached hydrogens (tertiary/aromatic N) is 2. The molecule has 0 radical (unpaired) electrons. The number of piperidine rings is 1. The van der Waals surface area contributed by atoms with Gasteiger partial charge in [-0.25, -0.2) is 4.79 Å². The van der Waals surface area contributed by atoms with E-state index in [0.717, 1.165) is 32.5 Å². The van der Waals surface area contributed by atoms with Gasteiger partial charge in [-0.2, -0.15) is 4.37 Å². The van der Waals surface area contributed by atoms with Crippen LogP contribution in [0.1, 0.15) is 38.5 Å². The molecule has 1 amide bonds. The maximum Gasteiger partial charge on any atom is 0.407 e. The van der Waals surface area contributed by atoms with Crippen LogP contribution in [-0.4, -0.2) is 47.2 Å². The van der Waals surface area contributed by atoms with Crippen molar-refractivity contribution >= 4 is 17.6 Å². The summed E-state index contributed by atoms with van der Waals surface area (Å²) >= 11 is 1.46. The number of nitrogens with one attached hydrogen (secondary N) is 1. The van der Waals surface area contributed by atoms with E-state index in [-0.39, 0.29) is 12.1 Å². The van der Waals surface area contributed by atoms with E-state index in [2.05, 4.69) is 14.6 Å². The molecule has 0 aliphatic carbocycles. The number of alkyl carbamates (subject to hydrolysis) is 1. The Morgan fingerprint density at radius 2 is 2.32 bits per heavy atom. The molecule has 1 aliphatic heterocycles. The first-order valence-corrected chi connectivity index (χ1v) is 8.34. The molecule has 1 atom stereocenters. The zero-order valence-electron chi connectivity index (χ0n) is 13.7. The average Bonchev–Trinajstić information content (AvgIpc) is 2.84. The molecule has 1 aromatic rings. The molecule has 124 valence electrons. The minimum atomic E-state index is -0.461. The quantitative estimate of drug-likeness (QED) is 0.921. The van der Waals surface area contributed by atoms with Crippen LogP contribution in [0.25, 0.3) is 0 Å². The molecular formula is C15H25N3O3S. The van der Waals surface area contributed by atoms with E-state index in [9.17, 15) is 4.79 Å². The zero-order chi connectivity index (χ0) is 16.2. The fraction of sp³-hybridized carbons (Fsp3) is 0.733. The number of carbonyl (C=O) groups excluding carboxylic acids is 1. The van der Waals surface area contributed by atoms with E-state index in [4.69, 9.17) is 9.47 Å². The van der Waals surface area contributed by atoms with Crippen molar-refractivity contribution in [3.05, 3.63) is 10.9 Å². The molecule has 1 saturated heterocycles. The number of ether oxygens (including phenoxy) is 2. The van der Waals surface area contributed by atoms with Gasteiger partial charge in [0, 0.05) is 30.1 Å². The van der Waals surface area contributed by atoms with Gasteiger partial charge in [0.1, 0.15) is 5.60 Å². The first-order chi connectivity index (χ1) is 10.4. The number of aromatic nitrogens is 1. The van der Waals surface area contributed by atoms with Gasteiger partial charge in [-0.3, -0.25) is 4.90 Å². The SMILES string of the molecule is COc1cc(CN2CCC[C@@H](NC(=O)OC(C)(C)C)C2)sn1. The lowest BCUT2D eigenvalue weighted by Gasteiger charge is -2.33. The summed E-state index contributed by atoms with van der Waals surface area (Å²) in [6.45, 7) is 8.32. The minimum absolute atomic E-state index is 0.137. The highest BCUT2D eigenvalue weighted by Crippen LogP contribution is 2.20. The van der Waals surface area contributed by atoms with Crippen LogP contribution < -0.4 is 10.1 Å². The van der Waals surface area contributed by atoms with E-state index in [0.29, 0.717) is 5.88 Å². The highest BCUT2D eigenvalue weighted by atomic mass is 32.1. The van der Waals surface area contributed by atoms with E-state index < -0.39 is 5.60 Å². The Morgan fingerprint density at radius 3 is 2.95 bits per heavy atom. The zero-order valence-corrected chi connectivity index (χ0v) is 14.5. The molecule has 0 unspecified atom stereocenters. The Balaban J connectivity index is 1.82. The van der Waals surface area contributed by atoms with Crippen molar-refractivity contribution in [1.82, 2.24) is 14.6 Å². The van der Waals surface area contributed by atoms with Crippen molar-refractivity contribution in [1.29, 1.82) is 0 Å². The van der Waals surface area contributed by atoms with Crippen molar-refractivity contribution < 1.29 is 14.3 Å². The number of likely N-dealkylation sites (tertiary alicyclic amines) is 1. The summed E-state index contributed by atoms with van der Waals surface area (Å²) in [5.41, 5.74) is -0.461. The Kier molecular flexibility index (Phi) is 5.63. The Morgan fingerprint density at radius 1 is 1.55 bits per heavy atom. The normalized spacial score (nSPS) is 19.7. The number of amides is 1. The van der Waals surface area contributed by atoms with Crippen molar-refractivity contribution in [2.45, 2.75) is 51.8 Å². The molecule has 22 heavy (non-hydrogen) atoms. The van der Waals surface area contributed by atoms with E-state index in [1.54, 1.807) is 7.11 Å². The lowest BCUT2D eigenvalue weighted by Crippen LogP contribution is -2.48. The van der Waals surface area contributed by atoms with Crippen LogP contribution in [0.5, 0.6) is 5.88 Å². The summed E-state index contributed by atoms with van der Waals surface area (Å²) in [5, 5.41) is 2.97. The van der Waals surface area contributed by atoms with Gasteiger partial charge in [0.2, 0.25) is 5.88 Å². The monoisotopic (exact) mass is 327 g/mol. The highest BCUT2D eigenvalue weighted by molar-refractivity contribution is 7.05. The molecule has 0 bridgehead atoms. The highest BCUT2D eigenvalue weighted by Gasteiger charge is 2.24. The number of hydrogen-bond donors (Lipinski definition) is 1. The molecule has 0 spiro atoms. The molecule has 6 nitrogen and oxygen atoms in total. The molecule has 2 rings (SSSR count). The summed E-state index contributed by atoms with van der Waals surface area (Å²) in [4.78, 5) is 15.4. The van der Waals surface area contributed by atoms with Crippen LogP contribution in [-0.2, 0) is 11.3 Å². The fourth-order valence-electron chi connectivity index (χ4n) is 2.48. The van der Waals surface area contributed by atoms with Crippen LogP contribution in [0.15, 0.2) is 6.07 Å². The largest absolute Gasteiger partial charge is 0.480 e. The van der Waals surface area contributed by atoms with Crippen LogP contribution >= 0.6 is 11.5 Å². The van der Waals surface area contributed by atoms with Gasteiger partial charge in [-0.05, 0) is 51.7 Å². The minimum Gasteiger partial charge on any atom is -0.480 e. The Hall–Kier alpha value is -1.34. The smallest absolute Gasteiger partial charge is 0.407 e. The molecule has 7 heteroatoms. The second-order valence-electron chi connectivity index (χ2n) is 6.56. The third-order valence-corrected chi connectivity index (χ3v) is 4.10. The Bertz CT molecular complexity index is 498. The van der Waals surface area contributed by atoms with Crippen LogP contribution in [0.2, 0.25) is 0 Å². The summed E-state index contributed by atoms with van der Waals surface area (Å²) in [5.74, 6) is 0.667. The molecule has 1 aromatic heterocycles. The third kappa shape index (κ3) is 5.46. The number of hydrogen-bond acceptors (Lipinski definition) is 6. The van der Waals surface area contributed by atoms with Gasteiger partial charge < -0.3 is 14.8 Å². The first kappa shape index (κ1) is 17.0. The van der Waals surface area contributed by atoms with Gasteiger partial charge in [-0.15, -0.1) is 0 Å². The second-order valence-corrected chi connectivity index (χ2v) is 7.45. The van der Waals surface area contributed by atoms with Crippen LogP contribution in [0.4, 0.5) is 4.79 Å². The van der Waals surface area contributed by atoms with Crippen molar-refractivity contribution in [3.8, 4) is 5.88 Å². The fourth-order valence-corrected chi connectivity index (χ4v) is 3.20. The standard InChI is InChI=1S/C15H25N3O3S/c1-15(2,3)21-14(19)16-11-6-5-7-18(9-11)10-12-8-13(20-4)17-22-12/h8,11H,5-7,9-10H2,1-4H3,(H,16,19)/t11-/m1/s1. The number of methoxy groups -OCH3 is 1. The topological polar surface area (TPSA) is 63.7 Å². The van der Waals surface area contributed by atoms with Gasteiger partial charge in [0.15, 0.2) is 0 Å². The van der Waals surface area contributed by atoms with Crippen LogP contribution in [0.3, 0.4) is 0 Å². The van der Waals surface area contributed by atoms with Crippen molar-refractivity contribution in [2.24, 2.45) is 0 Å². The van der Waals surface area contributed by atoms with E-state index in [1.807, 2.05) is 26.8 Å². The average molecular weight is 327 g/mol. The number of rotatable bonds is 4. The van der Waals surface area contributed by atoms with E-state index >= 15 is 0 Å². The van der Waals surface area contributed by atoms with Gasteiger partial charge in [0.25, 0.3) is 0 Å². The molecular weight excluding hydrogens is 302 g/mol. The van der Waals surface area contributed by atoms with Gasteiger partial charge in [-0.1, -0.05) is 0 Å². The maximum absolute atomic E-state index is 11.9. The predicted octanol–water partition coefficient (Wildman–Crippen LogP) is 2.64. The van der Waals surface area contributed by atoms with Crippen molar-refractivity contribution in [2.75, 3.05) is 20.2 Å². The summed E-state index contributed by atoms with van der Waals surface area (Å²) in [7, 11) is 1.63. The van der Waals surface area contributed by atoms with Gasteiger partial charge >= 0.3 is 6.09 Å². The third-order valence-electron chi connectivity index (χ3n) is 3.35. The lowest BCUT2D eigenvalue weighted by molar-refractivity contribution is 0.0470. The van der Waals surface area contributed by atoms with Crippen molar-refractivity contribution in [3.63, 3.8) is 0 Å². The van der Waals surface area contributed by atoms with E-state index in [1.165, 1.54) is 16.4 Å². The molecule has 0 saturated carbocycles. The first-order valence-electron chi connectivity index (χ1n) is 7.57. The second kappa shape index (κ2) is 7.28. The molecule has 1 N–H and O–H groups in total. The van der Waals surface area contributed by atoms with Crippen LogP contribution in [0, 0.1) is 0 Å². The number of carbonyl (C=O) groups is 1. The molecule has 1 aliphatic rings. The predicted molar refractivity (Wildman–Crippen MR) is 86.3 cm³/mol. The summed E-state index contributed by atoms with van der Waals surface area (Å²) in [6, 6.07) is 2.11. The Labute approximate surface area is 136 Å². The summed E-state index contributed by atoms with van der Waals surface area (Å²) < 4.78 is 14.6. The maximum atomic E-state index is 11.9. The summed E-state index contributed by atoms with van der Waals surface area (Å²) in [6.07, 6.45) is 1.72. The van der Waals surface area contributed by atoms with Gasteiger partial charge in [0.05, 0.1) is 7.11 Å². The lowest BCUT2D eigenvalue weighted by atomic mass is 10.1. The molecule has 2 heterocycles. The molecule has 0 aromatic carbocycles. The molecule has 1 fully saturated rings.